The Bertz CT molecular complexity index is 993. The van der Waals surface area contributed by atoms with Gasteiger partial charge in [-0.2, -0.15) is 5.26 Å². The summed E-state index contributed by atoms with van der Waals surface area (Å²) in [5.74, 6) is 0.645. The molecular formula is C17H14N4O3S. The van der Waals surface area contributed by atoms with Crippen LogP contribution >= 0.6 is 11.8 Å². The third kappa shape index (κ3) is 3.14. The molecule has 1 atom stereocenters. The molecule has 1 heterocycles. The van der Waals surface area contributed by atoms with Gasteiger partial charge in [-0.1, -0.05) is 23.9 Å². The summed E-state index contributed by atoms with van der Waals surface area (Å²) in [6, 6.07) is 14.1. The average Bonchev–Trinajstić information content (AvgIpc) is 2.98. The van der Waals surface area contributed by atoms with Gasteiger partial charge in [-0.05, 0) is 25.1 Å². The Morgan fingerprint density at radius 2 is 2.12 bits per heavy atom. The molecule has 0 aliphatic carbocycles. The van der Waals surface area contributed by atoms with Crippen molar-refractivity contribution in [1.82, 2.24) is 9.55 Å². The molecule has 0 fully saturated rings. The van der Waals surface area contributed by atoms with Gasteiger partial charge in [0.25, 0.3) is 5.69 Å². The molecule has 0 spiro atoms. The monoisotopic (exact) mass is 354 g/mol. The van der Waals surface area contributed by atoms with E-state index in [0.29, 0.717) is 21.9 Å². The number of ether oxygens (including phenoxy) is 1. The molecular weight excluding hydrogens is 340 g/mol. The van der Waals surface area contributed by atoms with Crippen LogP contribution in [-0.4, -0.2) is 26.8 Å². The van der Waals surface area contributed by atoms with E-state index in [-0.39, 0.29) is 10.9 Å². The zero-order valence-corrected chi connectivity index (χ0v) is 14.4. The molecule has 0 amide bonds. The number of thioether (sulfide) groups is 1. The summed E-state index contributed by atoms with van der Waals surface area (Å²) in [5.41, 5.74) is 1.94. The molecule has 7 nitrogen and oxygen atoms in total. The first-order valence-electron chi connectivity index (χ1n) is 7.41. The van der Waals surface area contributed by atoms with Crippen LogP contribution in [0.1, 0.15) is 6.92 Å². The second kappa shape index (κ2) is 6.83. The second-order valence-corrected chi connectivity index (χ2v) is 6.53. The van der Waals surface area contributed by atoms with Crippen LogP contribution in [0, 0.1) is 21.4 Å². The summed E-state index contributed by atoms with van der Waals surface area (Å²) < 4.78 is 7.29. The van der Waals surface area contributed by atoms with Crippen molar-refractivity contribution in [2.45, 2.75) is 17.3 Å². The van der Waals surface area contributed by atoms with Crippen LogP contribution in [0.2, 0.25) is 0 Å². The Kier molecular flexibility index (Phi) is 4.59. The molecule has 0 radical (unpaired) electrons. The number of nitro benzene ring substituents is 1. The lowest BCUT2D eigenvalue weighted by atomic mass is 10.2. The third-order valence-electron chi connectivity index (χ3n) is 3.61. The normalized spacial score (nSPS) is 11.9. The SMILES string of the molecule is COc1ccccc1-n1c(S[C@@H](C)C#N)nc2cc([N+](=O)[O-])ccc21. The Labute approximate surface area is 148 Å². The summed E-state index contributed by atoms with van der Waals surface area (Å²) in [6.45, 7) is 1.78. The van der Waals surface area contributed by atoms with E-state index >= 15 is 0 Å². The first kappa shape index (κ1) is 16.8. The summed E-state index contributed by atoms with van der Waals surface area (Å²) in [7, 11) is 1.58. The van der Waals surface area contributed by atoms with Crippen molar-refractivity contribution in [3.63, 3.8) is 0 Å². The number of hydrogen-bond donors (Lipinski definition) is 0. The summed E-state index contributed by atoms with van der Waals surface area (Å²) in [6.07, 6.45) is 0. The molecule has 0 bridgehead atoms. The van der Waals surface area contributed by atoms with Gasteiger partial charge in [0.2, 0.25) is 0 Å². The first-order valence-corrected chi connectivity index (χ1v) is 8.29. The molecule has 0 saturated carbocycles. The number of aromatic nitrogens is 2. The van der Waals surface area contributed by atoms with Crippen molar-refractivity contribution in [2.24, 2.45) is 0 Å². The summed E-state index contributed by atoms with van der Waals surface area (Å²) >= 11 is 1.29. The number of nitriles is 1. The quantitative estimate of drug-likeness (QED) is 0.391. The molecule has 0 saturated heterocycles. The van der Waals surface area contributed by atoms with Gasteiger partial charge in [0, 0.05) is 12.1 Å². The maximum atomic E-state index is 11.0. The van der Waals surface area contributed by atoms with Gasteiger partial charge >= 0.3 is 0 Å². The van der Waals surface area contributed by atoms with Gasteiger partial charge in [0.1, 0.15) is 5.75 Å². The second-order valence-electron chi connectivity index (χ2n) is 5.22. The molecule has 0 N–H and O–H groups in total. The van der Waals surface area contributed by atoms with Crippen molar-refractivity contribution in [2.75, 3.05) is 7.11 Å². The van der Waals surface area contributed by atoms with E-state index in [1.54, 1.807) is 20.1 Å². The fraction of sp³-hybridized carbons (Fsp3) is 0.176. The van der Waals surface area contributed by atoms with Crippen LogP contribution < -0.4 is 4.74 Å². The molecule has 0 aliphatic heterocycles. The van der Waals surface area contributed by atoms with Gasteiger partial charge < -0.3 is 4.74 Å². The number of nitrogens with zero attached hydrogens (tertiary/aromatic N) is 4. The largest absolute Gasteiger partial charge is 0.495 e. The Morgan fingerprint density at radius 1 is 1.36 bits per heavy atom. The standard InChI is InChI=1S/C17H14N4O3S/c1-11(10-18)25-17-19-13-9-12(21(22)23)7-8-14(13)20(17)15-5-3-4-6-16(15)24-2/h3-9,11H,1-2H3/t11-/m0/s1. The van der Waals surface area contributed by atoms with Crippen LogP contribution in [0.5, 0.6) is 5.75 Å². The van der Waals surface area contributed by atoms with Crippen LogP contribution in [0.25, 0.3) is 16.7 Å². The maximum Gasteiger partial charge on any atom is 0.271 e. The van der Waals surface area contributed by atoms with E-state index in [1.165, 1.54) is 23.9 Å². The molecule has 3 aromatic rings. The van der Waals surface area contributed by atoms with Gasteiger partial charge in [-0.25, -0.2) is 4.98 Å². The van der Waals surface area contributed by atoms with Crippen molar-refractivity contribution < 1.29 is 9.66 Å². The molecule has 0 aliphatic rings. The third-order valence-corrected chi connectivity index (χ3v) is 4.55. The predicted molar refractivity (Wildman–Crippen MR) is 95.2 cm³/mol. The topological polar surface area (TPSA) is 94.0 Å². The van der Waals surface area contributed by atoms with Crippen molar-refractivity contribution >= 4 is 28.5 Å². The molecule has 1 aromatic heterocycles. The van der Waals surface area contributed by atoms with Crippen LogP contribution in [0.4, 0.5) is 5.69 Å². The Hall–Kier alpha value is -3.05. The highest BCUT2D eigenvalue weighted by molar-refractivity contribution is 8.00. The lowest BCUT2D eigenvalue weighted by molar-refractivity contribution is -0.384. The molecule has 2 aromatic carbocycles. The highest BCUT2D eigenvalue weighted by atomic mass is 32.2. The first-order chi connectivity index (χ1) is 12.0. The smallest absolute Gasteiger partial charge is 0.271 e. The minimum absolute atomic E-state index is 0.0259. The Balaban J connectivity index is 2.28. The highest BCUT2D eigenvalue weighted by Gasteiger charge is 2.20. The van der Waals surface area contributed by atoms with Crippen LogP contribution in [0.3, 0.4) is 0 Å². The van der Waals surface area contributed by atoms with Gasteiger partial charge in [0.05, 0.1) is 40.1 Å². The van der Waals surface area contributed by atoms with Gasteiger partial charge in [-0.3, -0.25) is 14.7 Å². The number of nitro groups is 1. The number of rotatable bonds is 5. The summed E-state index contributed by atoms with van der Waals surface area (Å²) in [4.78, 5) is 15.1. The van der Waals surface area contributed by atoms with E-state index in [2.05, 4.69) is 11.1 Å². The number of benzene rings is 2. The van der Waals surface area contributed by atoms with E-state index in [9.17, 15) is 10.1 Å². The average molecular weight is 354 g/mol. The number of hydrogen-bond acceptors (Lipinski definition) is 6. The van der Waals surface area contributed by atoms with Crippen molar-refractivity contribution in [1.29, 1.82) is 5.26 Å². The lowest BCUT2D eigenvalue weighted by Gasteiger charge is -2.13. The number of methoxy groups -OCH3 is 1. The molecule has 8 heteroatoms. The number of para-hydroxylation sites is 2. The molecule has 3 rings (SSSR count). The number of non-ortho nitro benzene ring substituents is 1. The van der Waals surface area contributed by atoms with E-state index in [4.69, 9.17) is 10.00 Å². The molecule has 25 heavy (non-hydrogen) atoms. The van der Waals surface area contributed by atoms with Crippen LogP contribution in [-0.2, 0) is 0 Å². The minimum atomic E-state index is -0.452. The van der Waals surface area contributed by atoms with Gasteiger partial charge in [-0.15, -0.1) is 0 Å². The highest BCUT2D eigenvalue weighted by Crippen LogP contribution is 2.34. The van der Waals surface area contributed by atoms with E-state index in [0.717, 1.165) is 5.69 Å². The summed E-state index contributed by atoms with van der Waals surface area (Å²) in [5, 5.41) is 20.4. The zero-order valence-electron chi connectivity index (χ0n) is 13.5. The van der Waals surface area contributed by atoms with E-state index in [1.807, 2.05) is 28.8 Å². The molecule has 0 unspecified atom stereocenters. The fourth-order valence-electron chi connectivity index (χ4n) is 2.47. The number of fused-ring (bicyclic) bond motifs is 1. The van der Waals surface area contributed by atoms with Crippen molar-refractivity contribution in [3.8, 4) is 17.5 Å². The molecule has 126 valence electrons. The predicted octanol–water partition coefficient (Wildman–Crippen LogP) is 3.95. The minimum Gasteiger partial charge on any atom is -0.495 e. The van der Waals surface area contributed by atoms with Crippen LogP contribution in [0.15, 0.2) is 47.6 Å². The number of imidazole rings is 1. The van der Waals surface area contributed by atoms with E-state index < -0.39 is 4.92 Å². The van der Waals surface area contributed by atoms with Gasteiger partial charge in [0.15, 0.2) is 5.16 Å². The lowest BCUT2D eigenvalue weighted by Crippen LogP contribution is -2.02. The fourth-order valence-corrected chi connectivity index (χ4v) is 3.29. The maximum absolute atomic E-state index is 11.0. The Morgan fingerprint density at radius 3 is 2.80 bits per heavy atom. The zero-order chi connectivity index (χ0) is 18.0. The van der Waals surface area contributed by atoms with Crippen molar-refractivity contribution in [3.05, 3.63) is 52.6 Å².